The number of aliphatic hydroxyl groups excluding tert-OH is 1. The van der Waals surface area contributed by atoms with Gasteiger partial charge in [-0.15, -0.1) is 0 Å². The monoisotopic (exact) mass is 372 g/mol. The standard InChI is InChI=1S/C26H44O/c1-8-17(2)18-11-15-26(7)20-9-10-21-23(3,4)22(27)13-14-24(21,5)19(20)12-16-25(18,26)6/h9,17-19,21-22,27H,8,10-16H2,1-7H3/t17-,18+,19+,21+,22+,24-,25+,26-/m1/s1. The molecule has 0 amide bonds. The van der Waals surface area contributed by atoms with Crippen molar-refractivity contribution in [3.63, 3.8) is 0 Å². The van der Waals surface area contributed by atoms with Crippen LogP contribution in [0.4, 0.5) is 0 Å². The molecule has 0 aromatic carbocycles. The van der Waals surface area contributed by atoms with Crippen LogP contribution in [-0.4, -0.2) is 11.2 Å². The summed E-state index contributed by atoms with van der Waals surface area (Å²) in [5.74, 6) is 3.12. The Morgan fingerprint density at radius 1 is 1.04 bits per heavy atom. The first kappa shape index (κ1) is 20.0. The van der Waals surface area contributed by atoms with E-state index in [2.05, 4.69) is 54.5 Å². The van der Waals surface area contributed by atoms with E-state index in [1.54, 1.807) is 0 Å². The molecule has 4 aliphatic rings. The molecule has 1 nitrogen and oxygen atoms in total. The lowest BCUT2D eigenvalue weighted by molar-refractivity contribution is -0.131. The van der Waals surface area contributed by atoms with Crippen LogP contribution < -0.4 is 0 Å². The van der Waals surface area contributed by atoms with Crippen LogP contribution >= 0.6 is 0 Å². The molecule has 0 heterocycles. The van der Waals surface area contributed by atoms with Crippen LogP contribution in [0.3, 0.4) is 0 Å². The first-order chi connectivity index (χ1) is 12.5. The molecule has 0 radical (unpaired) electrons. The van der Waals surface area contributed by atoms with Gasteiger partial charge in [-0.25, -0.2) is 0 Å². The Kier molecular flexibility index (Phi) is 4.52. The van der Waals surface area contributed by atoms with Gasteiger partial charge in [0.05, 0.1) is 6.10 Å². The Balaban J connectivity index is 1.74. The molecule has 3 saturated carbocycles. The highest BCUT2D eigenvalue weighted by molar-refractivity contribution is 5.33. The lowest BCUT2D eigenvalue weighted by Gasteiger charge is -2.64. The van der Waals surface area contributed by atoms with Crippen molar-refractivity contribution in [3.05, 3.63) is 11.6 Å². The van der Waals surface area contributed by atoms with Crippen molar-refractivity contribution in [1.82, 2.24) is 0 Å². The van der Waals surface area contributed by atoms with Gasteiger partial charge in [0, 0.05) is 0 Å². The molecule has 1 N–H and O–H groups in total. The largest absolute Gasteiger partial charge is 0.393 e. The molecule has 0 saturated heterocycles. The van der Waals surface area contributed by atoms with Crippen LogP contribution in [0.1, 0.15) is 99.8 Å². The summed E-state index contributed by atoms with van der Waals surface area (Å²) in [4.78, 5) is 0. The summed E-state index contributed by atoms with van der Waals surface area (Å²) in [6.07, 6.45) is 12.9. The summed E-state index contributed by atoms with van der Waals surface area (Å²) in [5, 5.41) is 10.7. The maximum absolute atomic E-state index is 10.7. The number of hydrogen-bond acceptors (Lipinski definition) is 1. The zero-order valence-electron chi connectivity index (χ0n) is 19.1. The number of hydrogen-bond donors (Lipinski definition) is 1. The molecular weight excluding hydrogens is 328 g/mol. The SMILES string of the molecule is CC[C@@H](C)[C@@H]1CC[C@]2(C)C3=CC[C@H]4C(C)(C)[C@@H](O)CC[C@]4(C)[C@H]3CC[C@@]12C. The second kappa shape index (κ2) is 6.10. The van der Waals surface area contributed by atoms with E-state index >= 15 is 0 Å². The summed E-state index contributed by atoms with van der Waals surface area (Å²) in [6.45, 7) is 17.4. The minimum atomic E-state index is -0.128. The van der Waals surface area contributed by atoms with Gasteiger partial charge in [0.15, 0.2) is 0 Å². The molecule has 154 valence electrons. The highest BCUT2D eigenvalue weighted by Gasteiger charge is 2.65. The quantitative estimate of drug-likeness (QED) is 0.517. The lowest BCUT2D eigenvalue weighted by Crippen LogP contribution is -2.58. The summed E-state index contributed by atoms with van der Waals surface area (Å²) < 4.78 is 0. The van der Waals surface area contributed by atoms with Crippen molar-refractivity contribution in [2.45, 2.75) is 106 Å². The molecule has 1 heteroatoms. The van der Waals surface area contributed by atoms with Crippen LogP contribution in [-0.2, 0) is 0 Å². The fourth-order valence-electron chi connectivity index (χ4n) is 8.94. The Bertz CT molecular complexity index is 632. The number of fused-ring (bicyclic) bond motifs is 5. The predicted octanol–water partition coefficient (Wildman–Crippen LogP) is 7.00. The molecule has 0 aromatic rings. The smallest absolute Gasteiger partial charge is 0.0594 e. The van der Waals surface area contributed by atoms with Gasteiger partial charge in [0.25, 0.3) is 0 Å². The normalized spacial score (nSPS) is 52.4. The topological polar surface area (TPSA) is 20.2 Å². The zero-order valence-corrected chi connectivity index (χ0v) is 19.1. The maximum atomic E-state index is 10.7. The Hall–Kier alpha value is -0.300. The molecule has 4 rings (SSSR count). The Labute approximate surface area is 168 Å². The molecule has 0 aromatic heterocycles. The van der Waals surface area contributed by atoms with E-state index in [1.165, 1.54) is 44.9 Å². The molecular formula is C26H44O. The van der Waals surface area contributed by atoms with Gasteiger partial charge in [-0.3, -0.25) is 0 Å². The van der Waals surface area contributed by atoms with Crippen molar-refractivity contribution in [2.75, 3.05) is 0 Å². The minimum absolute atomic E-state index is 0.0472. The highest BCUT2D eigenvalue weighted by Crippen LogP contribution is 2.73. The second-order valence-electron chi connectivity index (χ2n) is 12.2. The van der Waals surface area contributed by atoms with Crippen LogP contribution in [0.5, 0.6) is 0 Å². The molecule has 0 aliphatic heterocycles. The molecule has 0 spiro atoms. The Morgan fingerprint density at radius 2 is 1.74 bits per heavy atom. The zero-order chi connectivity index (χ0) is 19.8. The predicted molar refractivity (Wildman–Crippen MR) is 114 cm³/mol. The van der Waals surface area contributed by atoms with Crippen molar-refractivity contribution < 1.29 is 5.11 Å². The van der Waals surface area contributed by atoms with E-state index in [0.29, 0.717) is 22.2 Å². The van der Waals surface area contributed by atoms with E-state index < -0.39 is 0 Å². The van der Waals surface area contributed by atoms with E-state index in [-0.39, 0.29) is 11.5 Å². The van der Waals surface area contributed by atoms with Crippen molar-refractivity contribution in [3.8, 4) is 0 Å². The van der Waals surface area contributed by atoms with Crippen LogP contribution in [0.25, 0.3) is 0 Å². The van der Waals surface area contributed by atoms with Gasteiger partial charge < -0.3 is 5.11 Å². The van der Waals surface area contributed by atoms with Gasteiger partial charge in [-0.2, -0.15) is 0 Å². The van der Waals surface area contributed by atoms with E-state index in [4.69, 9.17) is 0 Å². The van der Waals surface area contributed by atoms with Gasteiger partial charge in [0.1, 0.15) is 0 Å². The Morgan fingerprint density at radius 3 is 2.41 bits per heavy atom. The van der Waals surface area contributed by atoms with Crippen molar-refractivity contribution in [2.24, 2.45) is 45.3 Å². The maximum Gasteiger partial charge on any atom is 0.0594 e. The van der Waals surface area contributed by atoms with Crippen LogP contribution in [0, 0.1) is 45.3 Å². The number of aliphatic hydroxyl groups is 1. The fourth-order valence-corrected chi connectivity index (χ4v) is 8.94. The molecule has 0 unspecified atom stereocenters. The minimum Gasteiger partial charge on any atom is -0.393 e. The summed E-state index contributed by atoms with van der Waals surface area (Å²) >= 11 is 0. The van der Waals surface area contributed by atoms with E-state index in [9.17, 15) is 5.11 Å². The molecule has 27 heavy (non-hydrogen) atoms. The number of rotatable bonds is 2. The van der Waals surface area contributed by atoms with E-state index in [0.717, 1.165) is 24.2 Å². The third-order valence-electron chi connectivity index (χ3n) is 11.2. The summed E-state index contributed by atoms with van der Waals surface area (Å²) in [6, 6.07) is 0. The fraction of sp³-hybridized carbons (Fsp3) is 0.923. The van der Waals surface area contributed by atoms with Gasteiger partial charge in [-0.1, -0.05) is 66.5 Å². The summed E-state index contributed by atoms with van der Waals surface area (Å²) in [7, 11) is 0. The number of allylic oxidation sites excluding steroid dienone is 2. The second-order valence-corrected chi connectivity index (χ2v) is 12.2. The first-order valence-electron chi connectivity index (χ1n) is 11.9. The van der Waals surface area contributed by atoms with Crippen molar-refractivity contribution >= 4 is 0 Å². The van der Waals surface area contributed by atoms with Gasteiger partial charge in [0.2, 0.25) is 0 Å². The first-order valence-corrected chi connectivity index (χ1v) is 11.9. The average molecular weight is 373 g/mol. The van der Waals surface area contributed by atoms with Gasteiger partial charge in [-0.05, 0) is 90.3 Å². The molecule has 0 bridgehead atoms. The average Bonchev–Trinajstić information content (AvgIpc) is 2.90. The third kappa shape index (κ3) is 2.39. The lowest BCUT2D eigenvalue weighted by atomic mass is 9.41. The molecule has 4 aliphatic carbocycles. The third-order valence-corrected chi connectivity index (χ3v) is 11.2. The van der Waals surface area contributed by atoms with Crippen molar-refractivity contribution in [1.29, 1.82) is 0 Å². The van der Waals surface area contributed by atoms with Crippen LogP contribution in [0.15, 0.2) is 11.6 Å². The highest BCUT2D eigenvalue weighted by atomic mass is 16.3. The van der Waals surface area contributed by atoms with Gasteiger partial charge >= 0.3 is 0 Å². The van der Waals surface area contributed by atoms with E-state index in [1.807, 2.05) is 5.57 Å². The van der Waals surface area contributed by atoms with Crippen LogP contribution in [0.2, 0.25) is 0 Å². The molecule has 3 fully saturated rings. The molecule has 8 atom stereocenters. The summed E-state index contributed by atoms with van der Waals surface area (Å²) in [5.41, 5.74) is 3.15.